The van der Waals surface area contributed by atoms with Crippen LogP contribution in [0.5, 0.6) is 0 Å². The normalized spacial score (nSPS) is 11.9. The van der Waals surface area contributed by atoms with Crippen molar-refractivity contribution in [1.82, 2.24) is 10.6 Å². The van der Waals surface area contributed by atoms with Crippen molar-refractivity contribution in [3.05, 3.63) is 35.9 Å². The van der Waals surface area contributed by atoms with E-state index in [4.69, 9.17) is 36.3 Å². The summed E-state index contributed by atoms with van der Waals surface area (Å²) in [6, 6.07) is 8.73. The molecular formula is C56H95N3O17S5. The number of nitrogens with one attached hydrogen (secondary N) is 1. The van der Waals surface area contributed by atoms with Gasteiger partial charge in [0, 0.05) is 80.9 Å². The number of carboxylic acids is 2. The average Bonchev–Trinajstić information content (AvgIpc) is 3.34. The fraction of sp³-hybridized carbons (Fsp3) is 0.714. The first-order chi connectivity index (χ1) is 38.0. The number of carbonyl (C=O) groups is 10. The lowest BCUT2D eigenvalue weighted by Gasteiger charge is -2.22. The topological polar surface area (TPSA) is 310 Å². The molecule has 1 unspecified atom stereocenters. The molecule has 20 nitrogen and oxygen atoms in total. The maximum atomic E-state index is 12.0. The number of nitrogens with zero attached hydrogens (tertiary/aromatic N) is 1. The molecule has 0 saturated carbocycles. The fourth-order valence-corrected chi connectivity index (χ4v) is 10.3. The van der Waals surface area contributed by atoms with Crippen LogP contribution in [0.2, 0.25) is 1.43 Å². The Bertz CT molecular complexity index is 1960. The molecule has 0 bridgehead atoms. The molecule has 1 aromatic rings. The first-order valence-electron chi connectivity index (χ1n) is 27.4. The SMILES string of the molecule is CC(C)(C)OC(=O)CCC(=O)CCCSSCCCC(=O)CCC(=O)OC(C)(C)C.CC(C)(C)OC(=O)CN.O=C(O)CCCSSCCCC(=O)O.[3H]ON(CCCC(=O)CCC(=O)OC(C)(C)C)NC(Cc1ccccc1)C(=O)S. The number of Topliss-reactive ketones (excluding diaryl/α,β-unsaturated/α-hetero) is 3. The largest absolute Gasteiger partial charge is 0.481 e. The summed E-state index contributed by atoms with van der Waals surface area (Å²) in [5, 5.41) is 21.9. The van der Waals surface area contributed by atoms with Crippen molar-refractivity contribution >= 4 is 114 Å². The summed E-state index contributed by atoms with van der Waals surface area (Å²) in [7, 11) is 6.60. The van der Waals surface area contributed by atoms with Crippen LogP contribution >= 0.6 is 55.8 Å². The van der Waals surface area contributed by atoms with E-state index >= 15 is 0 Å². The van der Waals surface area contributed by atoms with E-state index in [1.54, 1.807) is 84.7 Å². The minimum Gasteiger partial charge on any atom is -0.481 e. The number of thiol groups is 1. The van der Waals surface area contributed by atoms with Gasteiger partial charge in [-0.3, -0.25) is 53.2 Å². The van der Waals surface area contributed by atoms with Crippen LogP contribution in [0.15, 0.2) is 30.3 Å². The number of ether oxygens (including phenoxy) is 4. The third kappa shape index (κ3) is 63.7. The zero-order valence-electron chi connectivity index (χ0n) is 50.9. The average molecular weight is 1240 g/mol. The Hall–Kier alpha value is -3.69. The quantitative estimate of drug-likeness (QED) is 0.00895. The van der Waals surface area contributed by atoms with E-state index in [1.165, 1.54) is 0 Å². The number of hydrogen-bond acceptors (Lipinski definition) is 22. The van der Waals surface area contributed by atoms with Gasteiger partial charge in [0.15, 0.2) is 0 Å². The van der Waals surface area contributed by atoms with Crippen molar-refractivity contribution in [3.8, 4) is 0 Å². The number of carbonyl (C=O) groups excluding carboxylic acids is 8. The minimum atomic E-state index is -0.763. The second kappa shape index (κ2) is 46.7. The summed E-state index contributed by atoms with van der Waals surface area (Å²) in [4.78, 5) is 113. The predicted molar refractivity (Wildman–Crippen MR) is 326 cm³/mol. The van der Waals surface area contributed by atoms with E-state index in [-0.39, 0.29) is 111 Å². The van der Waals surface area contributed by atoms with Gasteiger partial charge in [0.05, 0.1) is 31.8 Å². The molecule has 81 heavy (non-hydrogen) atoms. The van der Waals surface area contributed by atoms with Crippen LogP contribution in [0, 0.1) is 0 Å². The molecular weight excluding hydrogens is 1150 g/mol. The maximum absolute atomic E-state index is 12.0. The van der Waals surface area contributed by atoms with E-state index in [0.717, 1.165) is 46.6 Å². The number of benzene rings is 1. The highest BCUT2D eigenvalue weighted by Crippen LogP contribution is 2.25. The van der Waals surface area contributed by atoms with Gasteiger partial charge in [-0.15, -0.1) is 17.8 Å². The van der Waals surface area contributed by atoms with Crippen LogP contribution in [0.1, 0.15) is 191 Å². The van der Waals surface area contributed by atoms with Gasteiger partial charge in [-0.2, -0.15) is 0 Å². The van der Waals surface area contributed by atoms with Crippen molar-refractivity contribution in [2.45, 2.75) is 221 Å². The highest BCUT2D eigenvalue weighted by Gasteiger charge is 2.21. The number of hydroxylamine groups is 1. The molecule has 1 atom stereocenters. The number of ketones is 3. The highest BCUT2D eigenvalue weighted by molar-refractivity contribution is 8.77. The van der Waals surface area contributed by atoms with Crippen molar-refractivity contribution in [3.63, 3.8) is 0 Å². The van der Waals surface area contributed by atoms with Crippen LogP contribution in [0.4, 0.5) is 0 Å². The Labute approximate surface area is 504 Å². The molecule has 0 aliphatic rings. The standard InChI is InChI=1S/C22H38O6S2.C20H30N2O5S.C8H14O4S2.C6H13NO2/c1-21(2,3)27-19(25)13-11-17(23)9-7-15-29-30-16-8-10-18(24)12-14-20(26)28-22(4,5)6;1-20(2,3)27-18(24)12-11-16(23)10-7-13-22(26)21-17(19(25)28)14-15-8-5-4-6-9-15;9-7(10)3-1-5-13-14-6-2-4-8(11)12;1-6(2,3)9-5(8)4-7/h7-16H2,1-6H3;4-6,8-9,17,21,26H,7,10-14H2,1-3H3,(H,25,28);1-6H2,(H,9,10)(H,11,12);4,7H2,1-3H3/i;26T;;. The number of esters is 4. The molecule has 0 radical (unpaired) electrons. The van der Waals surface area contributed by atoms with Gasteiger partial charge < -0.3 is 34.9 Å². The van der Waals surface area contributed by atoms with Gasteiger partial charge in [-0.25, -0.2) is 5.43 Å². The van der Waals surface area contributed by atoms with E-state index in [9.17, 15) is 47.9 Å². The number of nitrogens with two attached hydrogens (primary N) is 1. The van der Waals surface area contributed by atoms with Gasteiger partial charge in [0.25, 0.3) is 0 Å². The summed E-state index contributed by atoms with van der Waals surface area (Å²) < 4.78 is 27.5. The van der Waals surface area contributed by atoms with E-state index < -0.39 is 46.4 Å². The van der Waals surface area contributed by atoms with Gasteiger partial charge >= 0.3 is 35.8 Å². The lowest BCUT2D eigenvalue weighted by Crippen LogP contribution is -2.47. The molecule has 6 N–H and O–H groups in total. The fourth-order valence-electron chi connectivity index (χ4n) is 5.81. The molecule has 0 aliphatic carbocycles. The van der Waals surface area contributed by atoms with E-state index in [1.807, 2.05) is 71.9 Å². The van der Waals surface area contributed by atoms with Gasteiger partial charge in [0.1, 0.15) is 39.8 Å². The number of hydrazine groups is 1. The molecule has 1 rings (SSSR count). The summed E-state index contributed by atoms with van der Waals surface area (Å²) >= 11 is 3.89. The molecule has 0 spiro atoms. The highest BCUT2D eigenvalue weighted by atomic mass is 33.1. The lowest BCUT2D eigenvalue weighted by atomic mass is 10.1. The number of carboxylic acid groups (broad SMARTS) is 2. The first-order valence-corrected chi connectivity index (χ1v) is 32.4. The Morgan fingerprint density at radius 2 is 0.840 bits per heavy atom. The maximum Gasteiger partial charge on any atom is 0.320 e. The second-order valence-electron chi connectivity index (χ2n) is 22.1. The monoisotopic (exact) mass is 1240 g/mol. The van der Waals surface area contributed by atoms with E-state index in [0.29, 0.717) is 38.5 Å². The van der Waals surface area contributed by atoms with Crippen molar-refractivity contribution in [2.24, 2.45) is 5.73 Å². The number of hydrogen-bond donors (Lipinski definition) is 6. The zero-order chi connectivity index (χ0) is 63.4. The van der Waals surface area contributed by atoms with Crippen LogP contribution in [0.25, 0.3) is 0 Å². The molecule has 466 valence electrons. The Kier molecular flexibility index (Phi) is 45.7. The zero-order valence-corrected chi connectivity index (χ0v) is 54.0. The smallest absolute Gasteiger partial charge is 0.320 e. The summed E-state index contributed by atoms with van der Waals surface area (Å²) in [6.07, 6.45) is 6.17. The van der Waals surface area contributed by atoms with Crippen LogP contribution < -0.4 is 11.2 Å². The Morgan fingerprint density at radius 1 is 0.519 bits per heavy atom. The van der Waals surface area contributed by atoms with Crippen molar-refractivity contribution in [2.75, 3.05) is 36.1 Å². The van der Waals surface area contributed by atoms with Crippen molar-refractivity contribution < 1.29 is 83.7 Å². The molecule has 0 saturated heterocycles. The Morgan fingerprint density at radius 3 is 1.12 bits per heavy atom. The molecule has 0 fully saturated rings. The van der Waals surface area contributed by atoms with Gasteiger partial charge in [-0.1, -0.05) is 73.5 Å². The van der Waals surface area contributed by atoms with Crippen molar-refractivity contribution in [1.29, 1.82) is 0 Å². The molecule has 0 aliphatic heterocycles. The van der Waals surface area contributed by atoms with Crippen LogP contribution in [-0.4, -0.2) is 143 Å². The molecule has 0 heterocycles. The molecule has 0 amide bonds. The summed E-state index contributed by atoms with van der Waals surface area (Å²) in [5.41, 5.74) is 6.75. The second-order valence-corrected chi connectivity index (χ2v) is 27.9. The lowest BCUT2D eigenvalue weighted by molar-refractivity contribution is -0.156. The number of aliphatic carboxylic acids is 2. The van der Waals surface area contributed by atoms with Crippen LogP contribution in [0.3, 0.4) is 0 Å². The van der Waals surface area contributed by atoms with E-state index in [2.05, 4.69) is 23.3 Å². The third-order valence-electron chi connectivity index (χ3n) is 9.14. The summed E-state index contributed by atoms with van der Waals surface area (Å²) in [5.74, 6) is 0.475. The third-order valence-corrected chi connectivity index (χ3v) is 14.6. The molecule has 0 aromatic heterocycles. The number of rotatable bonds is 38. The first kappa shape index (κ1) is 79.4. The molecule has 25 heteroatoms. The Balaban J connectivity index is -0.00000111. The molecule has 1 aromatic carbocycles. The minimum absolute atomic E-state index is 0.0420. The van der Waals surface area contributed by atoms with Crippen LogP contribution in [-0.2, 0) is 73.3 Å². The summed E-state index contributed by atoms with van der Waals surface area (Å²) in [6.45, 7) is 21.8. The van der Waals surface area contributed by atoms with Gasteiger partial charge in [0.2, 0.25) is 6.55 Å². The van der Waals surface area contributed by atoms with Gasteiger partial charge in [-0.05, 0) is 127 Å². The predicted octanol–water partition coefficient (Wildman–Crippen LogP) is 10.4.